The largest absolute Gasteiger partial charge is 0.497 e. The first-order chi connectivity index (χ1) is 15.0. The lowest BCUT2D eigenvalue weighted by molar-refractivity contribution is -0.130. The van der Waals surface area contributed by atoms with E-state index in [1.807, 2.05) is 59.8 Å². The number of benzene rings is 1. The maximum atomic E-state index is 12.7. The first kappa shape index (κ1) is 20.9. The highest BCUT2D eigenvalue weighted by atomic mass is 16.5. The molecular weight excluding hydrogens is 390 g/mol. The van der Waals surface area contributed by atoms with Crippen molar-refractivity contribution in [2.45, 2.75) is 39.2 Å². The molecular formula is C24H29N5O2. The fourth-order valence-electron chi connectivity index (χ4n) is 4.04. The molecule has 0 unspecified atom stereocenters. The summed E-state index contributed by atoms with van der Waals surface area (Å²) in [6, 6.07) is 13.9. The molecule has 0 spiro atoms. The second kappa shape index (κ2) is 9.20. The van der Waals surface area contributed by atoms with Gasteiger partial charge < -0.3 is 15.0 Å². The van der Waals surface area contributed by atoms with Crippen LogP contribution in [0.25, 0.3) is 0 Å². The van der Waals surface area contributed by atoms with Crippen LogP contribution in [0.5, 0.6) is 5.75 Å². The molecule has 1 fully saturated rings. The third-order valence-electron chi connectivity index (χ3n) is 5.78. The number of carbonyl (C=O) groups excluding carboxylic acids is 1. The van der Waals surface area contributed by atoms with E-state index in [1.54, 1.807) is 13.3 Å². The molecule has 0 radical (unpaired) electrons. The molecule has 162 valence electrons. The van der Waals surface area contributed by atoms with E-state index in [1.165, 1.54) is 0 Å². The number of ether oxygens (including phenoxy) is 1. The third kappa shape index (κ3) is 5.05. The number of aryl methyl sites for hydroxylation is 3. The average molecular weight is 420 g/mol. The molecule has 1 aliphatic heterocycles. The van der Waals surface area contributed by atoms with Crippen LogP contribution in [0.3, 0.4) is 0 Å². The van der Waals surface area contributed by atoms with Gasteiger partial charge in [0.25, 0.3) is 0 Å². The summed E-state index contributed by atoms with van der Waals surface area (Å²) in [7, 11) is 1.66. The molecule has 1 atom stereocenters. The van der Waals surface area contributed by atoms with Crippen molar-refractivity contribution in [3.63, 3.8) is 0 Å². The maximum Gasteiger partial charge on any atom is 0.224 e. The van der Waals surface area contributed by atoms with Gasteiger partial charge in [-0.2, -0.15) is 5.10 Å². The Morgan fingerprint density at radius 1 is 1.16 bits per heavy atom. The van der Waals surface area contributed by atoms with Crippen LogP contribution in [0, 0.1) is 13.8 Å². The summed E-state index contributed by atoms with van der Waals surface area (Å²) in [5.41, 5.74) is 5.08. The number of pyridine rings is 1. The van der Waals surface area contributed by atoms with Crippen LogP contribution in [0.4, 0.5) is 11.4 Å². The Morgan fingerprint density at radius 3 is 2.68 bits per heavy atom. The highest BCUT2D eigenvalue weighted by Gasteiger charge is 2.28. The quantitative estimate of drug-likeness (QED) is 0.625. The Hall–Kier alpha value is -3.35. The molecule has 4 rings (SSSR count). The van der Waals surface area contributed by atoms with Gasteiger partial charge in [0.05, 0.1) is 7.11 Å². The Kier molecular flexibility index (Phi) is 6.21. The van der Waals surface area contributed by atoms with E-state index in [2.05, 4.69) is 16.5 Å². The molecule has 1 amide bonds. The van der Waals surface area contributed by atoms with Gasteiger partial charge in [-0.3, -0.25) is 14.5 Å². The summed E-state index contributed by atoms with van der Waals surface area (Å²) in [6.07, 6.45) is 3.18. The zero-order chi connectivity index (χ0) is 21.8. The van der Waals surface area contributed by atoms with E-state index >= 15 is 0 Å². The molecule has 31 heavy (non-hydrogen) atoms. The maximum absolute atomic E-state index is 12.7. The molecule has 1 saturated heterocycles. The van der Waals surface area contributed by atoms with Gasteiger partial charge in [-0.15, -0.1) is 0 Å². The third-order valence-corrected chi connectivity index (χ3v) is 5.78. The first-order valence-electron chi connectivity index (χ1n) is 10.7. The van der Waals surface area contributed by atoms with Crippen LogP contribution in [0.1, 0.15) is 35.8 Å². The molecule has 3 heterocycles. The number of nitrogens with zero attached hydrogens (tertiary/aromatic N) is 4. The highest BCUT2D eigenvalue weighted by Crippen LogP contribution is 2.29. The standard InChI is InChI=1S/C24H29N5O2/c1-17-14-21(27-20-4-6-22(31-3)7-5-20)15-23(26-17)19-9-12-28(16-19)24(30)10-13-29-18(2)8-11-25-29/h4-8,11,14-15,19H,9-10,12-13,16H2,1-3H3,(H,26,27)/t19-/m0/s1. The van der Waals surface area contributed by atoms with Crippen molar-refractivity contribution >= 4 is 17.3 Å². The number of carbonyl (C=O) groups is 1. The summed E-state index contributed by atoms with van der Waals surface area (Å²) in [4.78, 5) is 19.4. The van der Waals surface area contributed by atoms with Crippen molar-refractivity contribution < 1.29 is 9.53 Å². The minimum atomic E-state index is 0.182. The molecule has 1 N–H and O–H groups in total. The molecule has 0 bridgehead atoms. The van der Waals surface area contributed by atoms with Crippen LogP contribution < -0.4 is 10.1 Å². The number of amides is 1. The Balaban J connectivity index is 1.39. The number of hydrogen-bond acceptors (Lipinski definition) is 5. The van der Waals surface area contributed by atoms with E-state index in [4.69, 9.17) is 9.72 Å². The molecule has 0 saturated carbocycles. The minimum absolute atomic E-state index is 0.182. The van der Waals surface area contributed by atoms with Gasteiger partial charge in [-0.1, -0.05) is 0 Å². The summed E-state index contributed by atoms with van der Waals surface area (Å²) >= 11 is 0. The van der Waals surface area contributed by atoms with Crippen molar-refractivity contribution in [1.29, 1.82) is 0 Å². The van der Waals surface area contributed by atoms with Crippen molar-refractivity contribution in [1.82, 2.24) is 19.7 Å². The molecule has 3 aromatic rings. The van der Waals surface area contributed by atoms with Gasteiger partial charge in [0.2, 0.25) is 5.91 Å². The second-order valence-corrected chi connectivity index (χ2v) is 8.05. The average Bonchev–Trinajstić information content (AvgIpc) is 3.41. The van der Waals surface area contributed by atoms with E-state index in [0.29, 0.717) is 13.0 Å². The zero-order valence-corrected chi connectivity index (χ0v) is 18.3. The number of rotatable bonds is 7. The number of likely N-dealkylation sites (tertiary alicyclic amines) is 1. The minimum Gasteiger partial charge on any atom is -0.497 e. The Bertz CT molecular complexity index is 1040. The molecule has 1 aromatic carbocycles. The van der Waals surface area contributed by atoms with Gasteiger partial charge in [0.15, 0.2) is 0 Å². The number of aromatic nitrogens is 3. The molecule has 0 aliphatic carbocycles. The van der Waals surface area contributed by atoms with Gasteiger partial charge in [0, 0.05) is 66.6 Å². The van der Waals surface area contributed by atoms with Crippen molar-refractivity contribution in [3.8, 4) is 5.75 Å². The van der Waals surface area contributed by atoms with Gasteiger partial charge in [0.1, 0.15) is 5.75 Å². The highest BCUT2D eigenvalue weighted by molar-refractivity contribution is 5.76. The predicted octanol–water partition coefficient (Wildman–Crippen LogP) is 4.05. The fraction of sp³-hybridized carbons (Fsp3) is 0.375. The molecule has 2 aromatic heterocycles. The Labute approximate surface area is 183 Å². The first-order valence-corrected chi connectivity index (χ1v) is 10.7. The van der Waals surface area contributed by atoms with Crippen LogP contribution in [-0.2, 0) is 11.3 Å². The van der Waals surface area contributed by atoms with E-state index in [0.717, 1.165) is 53.7 Å². The van der Waals surface area contributed by atoms with Crippen molar-refractivity contribution in [2.75, 3.05) is 25.5 Å². The SMILES string of the molecule is COc1ccc(Nc2cc(C)nc([C@H]3CCN(C(=O)CCn4nccc4C)C3)c2)cc1. The lowest BCUT2D eigenvalue weighted by atomic mass is 10.0. The molecule has 7 nitrogen and oxygen atoms in total. The van der Waals surface area contributed by atoms with E-state index in [9.17, 15) is 4.79 Å². The monoisotopic (exact) mass is 419 g/mol. The summed E-state index contributed by atoms with van der Waals surface area (Å²) in [5.74, 6) is 1.27. The van der Waals surface area contributed by atoms with Crippen LogP contribution >= 0.6 is 0 Å². The number of methoxy groups -OCH3 is 1. The second-order valence-electron chi connectivity index (χ2n) is 8.05. The summed E-state index contributed by atoms with van der Waals surface area (Å²) in [5, 5.41) is 7.71. The van der Waals surface area contributed by atoms with Crippen molar-refractivity contribution in [2.24, 2.45) is 0 Å². The van der Waals surface area contributed by atoms with Gasteiger partial charge in [-0.05, 0) is 62.7 Å². The van der Waals surface area contributed by atoms with E-state index in [-0.39, 0.29) is 11.8 Å². The molecule has 1 aliphatic rings. The van der Waals surface area contributed by atoms with Crippen LogP contribution in [0.2, 0.25) is 0 Å². The zero-order valence-electron chi connectivity index (χ0n) is 18.3. The number of anilines is 2. The van der Waals surface area contributed by atoms with Gasteiger partial charge >= 0.3 is 0 Å². The smallest absolute Gasteiger partial charge is 0.224 e. The van der Waals surface area contributed by atoms with E-state index < -0.39 is 0 Å². The van der Waals surface area contributed by atoms with Crippen LogP contribution in [0.15, 0.2) is 48.7 Å². The fourth-order valence-corrected chi connectivity index (χ4v) is 4.04. The lowest BCUT2D eigenvalue weighted by Crippen LogP contribution is -2.29. The van der Waals surface area contributed by atoms with Crippen LogP contribution in [-0.4, -0.2) is 45.8 Å². The predicted molar refractivity (Wildman–Crippen MR) is 121 cm³/mol. The van der Waals surface area contributed by atoms with Crippen molar-refractivity contribution in [3.05, 3.63) is 65.7 Å². The lowest BCUT2D eigenvalue weighted by Gasteiger charge is -2.17. The summed E-state index contributed by atoms with van der Waals surface area (Å²) < 4.78 is 7.10. The molecule has 7 heteroatoms. The Morgan fingerprint density at radius 2 is 1.97 bits per heavy atom. The number of hydrogen-bond donors (Lipinski definition) is 1. The topological polar surface area (TPSA) is 72.3 Å². The normalized spacial score (nSPS) is 15.8. The number of nitrogens with one attached hydrogen (secondary N) is 1. The summed E-state index contributed by atoms with van der Waals surface area (Å²) in [6.45, 7) is 6.13. The van der Waals surface area contributed by atoms with Gasteiger partial charge in [-0.25, -0.2) is 0 Å².